The van der Waals surface area contributed by atoms with Gasteiger partial charge in [0.2, 0.25) is 5.79 Å². The second kappa shape index (κ2) is 29.3. The van der Waals surface area contributed by atoms with E-state index in [1.54, 1.807) is 47.8 Å². The summed E-state index contributed by atoms with van der Waals surface area (Å²) >= 11 is 0. The van der Waals surface area contributed by atoms with Gasteiger partial charge in [-0.1, -0.05) is 78.0 Å². The average molecular weight is 1030 g/mol. The fourth-order valence-electron chi connectivity index (χ4n) is 10.7. The number of amides is 1. The Balaban J connectivity index is 1.67. The topological polar surface area (TPSA) is 231 Å². The quantitative estimate of drug-likeness (QED) is 0.114. The van der Waals surface area contributed by atoms with Gasteiger partial charge in [-0.25, -0.2) is 9.59 Å². The number of piperidine rings is 1. The Morgan fingerprint density at radius 2 is 1.59 bits per heavy atom. The zero-order valence-electron chi connectivity index (χ0n) is 45.3. The molecule has 3 N–H and O–H groups in total. The van der Waals surface area contributed by atoms with E-state index in [1.807, 2.05) is 51.2 Å². The molecule has 16 atom stereocenters. The molecule has 0 radical (unpaired) electrons. The minimum absolute atomic E-state index is 0.00162. The fraction of sp³-hybridized carbons (Fsp3) is 0.750. The van der Waals surface area contributed by atoms with Crippen LogP contribution in [0, 0.1) is 41.4 Å². The SMILES string of the molecule is CO[C@H]1CC2CC[C@@H](C)[C@@](O)(O2)C(=O)C(=O)N2CCCCC2C(=O)O[C@H]([C@H](C)C[C@@H]2CC[C@@H](OC(=O)OCC(C)CO)[C@H](OC)C2)CC(=O)[C@H](C)/C=C(\C)[C@@H](O)[C@@H](OC)C(=O)[C@H](C)C[C@H](C)/C=C/C=CC=C1C. The van der Waals surface area contributed by atoms with Gasteiger partial charge in [-0.15, -0.1) is 0 Å². The third-order valence-corrected chi connectivity index (χ3v) is 15.5. The number of carbonyl (C=O) groups is 6. The molecule has 73 heavy (non-hydrogen) atoms. The van der Waals surface area contributed by atoms with Crippen molar-refractivity contribution in [3.05, 3.63) is 47.6 Å². The van der Waals surface area contributed by atoms with E-state index in [0.29, 0.717) is 69.8 Å². The number of fused-ring (bicyclic) bond motifs is 3. The third kappa shape index (κ3) is 17.2. The van der Waals surface area contributed by atoms with E-state index in [9.17, 15) is 44.1 Å². The van der Waals surface area contributed by atoms with Gasteiger partial charge in [0, 0.05) is 71.0 Å². The molecular weight excluding hydrogens is 943 g/mol. The number of hydrogen-bond acceptors (Lipinski definition) is 16. The number of cyclic esters (lactones) is 1. The van der Waals surface area contributed by atoms with Crippen molar-refractivity contribution in [3.63, 3.8) is 0 Å². The number of hydrogen-bond donors (Lipinski definition) is 3. The van der Waals surface area contributed by atoms with E-state index >= 15 is 0 Å². The number of carbonyl (C=O) groups excluding carboxylic acids is 6. The van der Waals surface area contributed by atoms with Gasteiger partial charge in [0.25, 0.3) is 11.7 Å². The molecule has 4 rings (SSSR count). The molecule has 3 fully saturated rings. The van der Waals surface area contributed by atoms with Crippen molar-refractivity contribution in [1.29, 1.82) is 0 Å². The minimum Gasteiger partial charge on any atom is -0.460 e. The molecule has 0 aromatic heterocycles. The van der Waals surface area contributed by atoms with E-state index in [2.05, 4.69) is 0 Å². The van der Waals surface area contributed by atoms with E-state index in [1.165, 1.54) is 19.1 Å². The lowest BCUT2D eigenvalue weighted by atomic mass is 9.78. The third-order valence-electron chi connectivity index (χ3n) is 15.5. The Bertz CT molecular complexity index is 1980. The van der Waals surface area contributed by atoms with E-state index in [4.69, 9.17) is 33.2 Å². The number of ketones is 3. The molecule has 4 aliphatic rings. The van der Waals surface area contributed by atoms with Crippen LogP contribution in [0.2, 0.25) is 0 Å². The summed E-state index contributed by atoms with van der Waals surface area (Å²) in [7, 11) is 4.46. The monoisotopic (exact) mass is 1030 g/mol. The molecule has 17 heteroatoms. The molecule has 412 valence electrons. The number of aliphatic hydroxyl groups is 3. The second-order valence-electron chi connectivity index (χ2n) is 21.5. The molecule has 1 amide bonds. The predicted octanol–water partition coefficient (Wildman–Crippen LogP) is 6.97. The lowest BCUT2D eigenvalue weighted by Crippen LogP contribution is -2.61. The highest BCUT2D eigenvalue weighted by Crippen LogP contribution is 2.38. The summed E-state index contributed by atoms with van der Waals surface area (Å²) in [5.41, 5.74) is 1.22. The Labute approximate surface area is 433 Å². The van der Waals surface area contributed by atoms with Gasteiger partial charge in [-0.3, -0.25) is 19.2 Å². The molecule has 2 saturated heterocycles. The number of methoxy groups -OCH3 is 3. The predicted molar refractivity (Wildman–Crippen MR) is 272 cm³/mol. The molecule has 17 nitrogen and oxygen atoms in total. The van der Waals surface area contributed by atoms with Crippen molar-refractivity contribution in [2.45, 2.75) is 187 Å². The van der Waals surface area contributed by atoms with Crippen LogP contribution in [0.5, 0.6) is 0 Å². The lowest BCUT2D eigenvalue weighted by Gasteiger charge is -2.42. The lowest BCUT2D eigenvalue weighted by molar-refractivity contribution is -0.265. The first-order valence-corrected chi connectivity index (χ1v) is 26.5. The summed E-state index contributed by atoms with van der Waals surface area (Å²) in [5, 5.41) is 32.8. The van der Waals surface area contributed by atoms with Crippen LogP contribution >= 0.6 is 0 Å². The normalized spacial score (nSPS) is 36.4. The first-order chi connectivity index (χ1) is 34.6. The molecule has 0 aromatic carbocycles. The molecule has 3 unspecified atom stereocenters. The van der Waals surface area contributed by atoms with Gasteiger partial charge in [-0.05, 0) is 107 Å². The number of rotatable bonds is 10. The van der Waals surface area contributed by atoms with Crippen LogP contribution in [0.3, 0.4) is 0 Å². The van der Waals surface area contributed by atoms with Crippen LogP contribution in [0.1, 0.15) is 132 Å². The molecule has 2 bridgehead atoms. The van der Waals surface area contributed by atoms with Crippen molar-refractivity contribution in [2.75, 3.05) is 41.1 Å². The van der Waals surface area contributed by atoms with Crippen molar-refractivity contribution in [1.82, 2.24) is 4.90 Å². The summed E-state index contributed by atoms with van der Waals surface area (Å²) < 4.78 is 40.5. The number of aliphatic hydroxyl groups excluding tert-OH is 2. The Hall–Kier alpha value is -4.10. The summed E-state index contributed by atoms with van der Waals surface area (Å²) in [5.74, 6) is -8.72. The van der Waals surface area contributed by atoms with Crippen LogP contribution in [0.4, 0.5) is 4.79 Å². The van der Waals surface area contributed by atoms with Gasteiger partial charge in [-0.2, -0.15) is 0 Å². The standard InChI is InChI=1S/C56H87NO16/c1-33-17-13-12-14-18-35(3)46(67-9)29-42-22-20-40(8)56(66,73-42)52(62)53(63)57-24-16-15-19-43(57)54(64)71-47(30-44(59)36(4)26-39(7)50(61)51(69-11)49(60)38(6)25-33)37(5)27-41-21-23-45(48(28-41)68-10)72-55(65)70-32-34(2)31-58/h12-14,17-18,26,33-34,36-38,40-43,45-48,50-51,58,61,66H,15-16,19-25,27-32H2,1-11H3/b14-12?,17-13+,35-18?,39-26+/t33-,34?,36-,37-,38-,40-,41+,42?,43?,45-,46+,47+,48-,50-,51+,56-/m1/s1. The number of ether oxygens (including phenoxy) is 7. The minimum atomic E-state index is -2.46. The van der Waals surface area contributed by atoms with Crippen LogP contribution in [-0.4, -0.2) is 151 Å². The van der Waals surface area contributed by atoms with Gasteiger partial charge < -0.3 is 53.4 Å². The molecule has 1 saturated carbocycles. The molecular formula is C56H87NO16. The van der Waals surface area contributed by atoms with Crippen LogP contribution in [-0.2, 0) is 57.1 Å². The number of Topliss-reactive ketones (excluding diaryl/α,β-unsaturated/α-hetero) is 3. The zero-order chi connectivity index (χ0) is 54.2. The van der Waals surface area contributed by atoms with Crippen molar-refractivity contribution < 1.29 is 77.2 Å². The maximum atomic E-state index is 14.5. The molecule has 3 heterocycles. The summed E-state index contributed by atoms with van der Waals surface area (Å²) in [4.78, 5) is 84.9. The first-order valence-electron chi connectivity index (χ1n) is 26.5. The van der Waals surface area contributed by atoms with Crippen molar-refractivity contribution in [2.24, 2.45) is 41.4 Å². The highest BCUT2D eigenvalue weighted by molar-refractivity contribution is 6.39. The Kier molecular flexibility index (Phi) is 24.6. The highest BCUT2D eigenvalue weighted by atomic mass is 16.7. The highest BCUT2D eigenvalue weighted by Gasteiger charge is 2.53. The average Bonchev–Trinajstić information content (AvgIpc) is 3.37. The summed E-state index contributed by atoms with van der Waals surface area (Å²) in [6.45, 7) is 14.2. The van der Waals surface area contributed by atoms with Gasteiger partial charge in [0.1, 0.15) is 36.2 Å². The van der Waals surface area contributed by atoms with E-state index in [-0.39, 0.29) is 61.9 Å². The van der Waals surface area contributed by atoms with Gasteiger partial charge >= 0.3 is 12.1 Å². The molecule has 1 aliphatic carbocycles. The van der Waals surface area contributed by atoms with E-state index < -0.39 is 102 Å². The maximum absolute atomic E-state index is 14.5. The zero-order valence-corrected chi connectivity index (χ0v) is 45.3. The largest absolute Gasteiger partial charge is 0.508 e. The van der Waals surface area contributed by atoms with Crippen molar-refractivity contribution in [3.8, 4) is 0 Å². The number of allylic oxidation sites excluding steroid dienone is 6. The van der Waals surface area contributed by atoms with Gasteiger partial charge in [0.15, 0.2) is 5.78 Å². The molecule has 0 spiro atoms. The van der Waals surface area contributed by atoms with Crippen LogP contribution in [0.25, 0.3) is 0 Å². The fourth-order valence-corrected chi connectivity index (χ4v) is 10.7. The second-order valence-corrected chi connectivity index (χ2v) is 21.5. The van der Waals surface area contributed by atoms with E-state index in [0.717, 1.165) is 5.57 Å². The Morgan fingerprint density at radius 1 is 0.863 bits per heavy atom. The molecule has 3 aliphatic heterocycles. The summed E-state index contributed by atoms with van der Waals surface area (Å²) in [6, 6.07) is -1.19. The van der Waals surface area contributed by atoms with Crippen LogP contribution in [0.15, 0.2) is 47.6 Å². The number of esters is 1. The first kappa shape index (κ1) is 61.4. The summed E-state index contributed by atoms with van der Waals surface area (Å²) in [6.07, 6.45) is 9.33. The van der Waals surface area contributed by atoms with Gasteiger partial charge in [0.05, 0.1) is 24.9 Å². The van der Waals surface area contributed by atoms with Crippen LogP contribution < -0.4 is 0 Å². The smallest absolute Gasteiger partial charge is 0.460 e. The van der Waals surface area contributed by atoms with Crippen molar-refractivity contribution >= 4 is 35.4 Å². The Morgan fingerprint density at radius 3 is 2.26 bits per heavy atom. The number of nitrogens with zero attached hydrogens (tertiary/aromatic N) is 1. The maximum Gasteiger partial charge on any atom is 0.508 e. The molecule has 0 aromatic rings.